The highest BCUT2D eigenvalue weighted by atomic mass is 16.7. The number of ether oxygens (including phenoxy) is 2. The van der Waals surface area contributed by atoms with E-state index in [4.69, 9.17) is 9.47 Å². The number of hydrogen-bond donors (Lipinski definition) is 2. The van der Waals surface area contributed by atoms with Gasteiger partial charge in [-0.3, -0.25) is 14.9 Å². The number of rotatable bonds is 4. The van der Waals surface area contributed by atoms with Gasteiger partial charge in [0.2, 0.25) is 6.79 Å². The third-order valence-corrected chi connectivity index (χ3v) is 4.73. The van der Waals surface area contributed by atoms with E-state index >= 15 is 0 Å². The number of nitro groups is 1. The van der Waals surface area contributed by atoms with Gasteiger partial charge in [-0.1, -0.05) is 0 Å². The molecule has 1 aliphatic rings. The average molecular weight is 402 g/mol. The fraction of sp³-hybridized carbons (Fsp3) is 0.0476. The van der Waals surface area contributed by atoms with Crippen LogP contribution in [0.3, 0.4) is 0 Å². The van der Waals surface area contributed by atoms with Crippen LogP contribution in [0, 0.1) is 10.1 Å². The van der Waals surface area contributed by atoms with Gasteiger partial charge in [-0.05, 0) is 48.5 Å². The molecule has 4 aromatic rings. The van der Waals surface area contributed by atoms with Gasteiger partial charge < -0.3 is 19.8 Å². The molecule has 0 spiro atoms. The Morgan fingerprint density at radius 1 is 1.03 bits per heavy atom. The van der Waals surface area contributed by atoms with Crippen molar-refractivity contribution in [3.05, 3.63) is 76.3 Å². The molecule has 5 rings (SSSR count). The van der Waals surface area contributed by atoms with Crippen LogP contribution in [0.5, 0.6) is 11.5 Å². The third-order valence-electron chi connectivity index (χ3n) is 4.73. The monoisotopic (exact) mass is 402 g/mol. The number of imidazole rings is 1. The SMILES string of the molecule is O=C(Nc1ccc2nc(-c3ccc4c(c3)OCO4)[nH]c2c1)c1ccc([N+](=O)[O-])cc1. The summed E-state index contributed by atoms with van der Waals surface area (Å²) in [5.41, 5.74) is 3.19. The number of H-pyrrole nitrogens is 1. The predicted octanol–water partition coefficient (Wildman–Crippen LogP) is 4.12. The smallest absolute Gasteiger partial charge is 0.269 e. The fourth-order valence-electron chi connectivity index (χ4n) is 3.21. The van der Waals surface area contributed by atoms with E-state index in [1.807, 2.05) is 18.2 Å². The maximum Gasteiger partial charge on any atom is 0.269 e. The molecule has 0 atom stereocenters. The highest BCUT2D eigenvalue weighted by Crippen LogP contribution is 2.35. The standard InChI is InChI=1S/C21H14N4O5/c26-21(12-1-5-15(6-2-12)25(27)28)22-14-4-7-16-17(10-14)24-20(23-16)13-3-8-18-19(9-13)30-11-29-18/h1-10H,11H2,(H,22,26)(H,23,24). The second-order valence-electron chi connectivity index (χ2n) is 6.64. The summed E-state index contributed by atoms with van der Waals surface area (Å²) >= 11 is 0. The van der Waals surface area contributed by atoms with E-state index in [0.717, 1.165) is 16.6 Å². The average Bonchev–Trinajstić information content (AvgIpc) is 3.39. The van der Waals surface area contributed by atoms with Gasteiger partial charge in [0.25, 0.3) is 11.6 Å². The largest absolute Gasteiger partial charge is 0.454 e. The van der Waals surface area contributed by atoms with Crippen molar-refractivity contribution in [2.75, 3.05) is 12.1 Å². The number of carbonyl (C=O) groups is 1. The van der Waals surface area contributed by atoms with Crippen molar-refractivity contribution in [2.45, 2.75) is 0 Å². The fourth-order valence-corrected chi connectivity index (χ4v) is 3.21. The molecule has 148 valence electrons. The maximum absolute atomic E-state index is 12.4. The highest BCUT2D eigenvalue weighted by Gasteiger charge is 2.16. The van der Waals surface area contributed by atoms with Gasteiger partial charge in [0.05, 0.1) is 16.0 Å². The molecule has 0 unspecified atom stereocenters. The number of carbonyl (C=O) groups excluding carboxylic acids is 1. The van der Waals surface area contributed by atoms with Crippen LogP contribution < -0.4 is 14.8 Å². The molecule has 2 N–H and O–H groups in total. The van der Waals surface area contributed by atoms with Crippen LogP contribution >= 0.6 is 0 Å². The Hall–Kier alpha value is -4.40. The lowest BCUT2D eigenvalue weighted by molar-refractivity contribution is -0.384. The first-order valence-corrected chi connectivity index (χ1v) is 9.02. The Balaban J connectivity index is 1.38. The van der Waals surface area contributed by atoms with Crippen LogP contribution in [0.1, 0.15) is 10.4 Å². The van der Waals surface area contributed by atoms with Crippen molar-refractivity contribution in [1.29, 1.82) is 0 Å². The summed E-state index contributed by atoms with van der Waals surface area (Å²) < 4.78 is 10.7. The number of nitrogens with one attached hydrogen (secondary N) is 2. The molecule has 0 bridgehead atoms. The normalized spacial score (nSPS) is 12.1. The summed E-state index contributed by atoms with van der Waals surface area (Å²) in [7, 11) is 0. The number of non-ortho nitro benzene ring substituents is 1. The molecule has 3 aromatic carbocycles. The number of fused-ring (bicyclic) bond motifs is 2. The summed E-state index contributed by atoms with van der Waals surface area (Å²) in [6.07, 6.45) is 0. The lowest BCUT2D eigenvalue weighted by Gasteiger charge is -2.05. The topological polar surface area (TPSA) is 119 Å². The molecule has 1 aromatic heterocycles. The van der Waals surface area contributed by atoms with Gasteiger partial charge in [-0.15, -0.1) is 0 Å². The zero-order chi connectivity index (χ0) is 20.7. The Labute approximate surface area is 169 Å². The van der Waals surface area contributed by atoms with Crippen molar-refractivity contribution in [3.63, 3.8) is 0 Å². The van der Waals surface area contributed by atoms with Gasteiger partial charge in [0.1, 0.15) is 5.82 Å². The minimum atomic E-state index is -0.508. The zero-order valence-corrected chi connectivity index (χ0v) is 15.4. The van der Waals surface area contributed by atoms with Crippen LogP contribution in [-0.2, 0) is 0 Å². The van der Waals surface area contributed by atoms with Crippen molar-refractivity contribution in [2.24, 2.45) is 0 Å². The number of hydrogen-bond acceptors (Lipinski definition) is 6. The van der Waals surface area contributed by atoms with Gasteiger partial charge in [0.15, 0.2) is 11.5 Å². The number of nitrogens with zero attached hydrogens (tertiary/aromatic N) is 2. The molecule has 0 saturated carbocycles. The van der Waals surface area contributed by atoms with Crippen LogP contribution in [0.2, 0.25) is 0 Å². The van der Waals surface area contributed by atoms with E-state index in [-0.39, 0.29) is 18.4 Å². The molecule has 9 heteroatoms. The molecular formula is C21H14N4O5. The summed E-state index contributed by atoms with van der Waals surface area (Å²) in [6, 6.07) is 16.3. The third kappa shape index (κ3) is 3.18. The second-order valence-corrected chi connectivity index (χ2v) is 6.64. The van der Waals surface area contributed by atoms with Crippen LogP contribution in [-0.4, -0.2) is 27.6 Å². The number of aromatic nitrogens is 2. The minimum Gasteiger partial charge on any atom is -0.454 e. The summed E-state index contributed by atoms with van der Waals surface area (Å²) in [5.74, 6) is 1.68. The highest BCUT2D eigenvalue weighted by molar-refractivity contribution is 6.05. The Morgan fingerprint density at radius 3 is 2.63 bits per heavy atom. The summed E-state index contributed by atoms with van der Waals surface area (Å²) in [4.78, 5) is 30.5. The second kappa shape index (κ2) is 6.89. The minimum absolute atomic E-state index is 0.0681. The number of amides is 1. The summed E-state index contributed by atoms with van der Waals surface area (Å²) in [6.45, 7) is 0.205. The lowest BCUT2D eigenvalue weighted by atomic mass is 10.2. The van der Waals surface area contributed by atoms with Crippen molar-refractivity contribution < 1.29 is 19.2 Å². The molecule has 0 saturated heterocycles. The Kier molecular flexibility index (Phi) is 4.06. The molecular weight excluding hydrogens is 388 g/mol. The molecule has 0 fully saturated rings. The van der Waals surface area contributed by atoms with Gasteiger partial charge in [0, 0.05) is 28.9 Å². The van der Waals surface area contributed by atoms with E-state index in [1.54, 1.807) is 18.2 Å². The van der Waals surface area contributed by atoms with Crippen LogP contribution in [0.15, 0.2) is 60.7 Å². The maximum atomic E-state index is 12.4. The Morgan fingerprint density at radius 2 is 1.83 bits per heavy atom. The number of anilines is 1. The Bertz CT molecular complexity index is 1300. The molecule has 2 heterocycles. The molecule has 30 heavy (non-hydrogen) atoms. The quantitative estimate of drug-likeness (QED) is 0.391. The number of benzene rings is 3. The van der Waals surface area contributed by atoms with Crippen molar-refractivity contribution in [3.8, 4) is 22.9 Å². The molecule has 0 aliphatic carbocycles. The first kappa shape index (κ1) is 17.7. The van der Waals surface area contributed by atoms with Crippen molar-refractivity contribution >= 4 is 28.3 Å². The summed E-state index contributed by atoms with van der Waals surface area (Å²) in [5, 5.41) is 13.5. The zero-order valence-electron chi connectivity index (χ0n) is 15.4. The molecule has 1 amide bonds. The van der Waals surface area contributed by atoms with E-state index in [9.17, 15) is 14.9 Å². The first-order chi connectivity index (χ1) is 14.6. The predicted molar refractivity (Wildman–Crippen MR) is 109 cm³/mol. The van der Waals surface area contributed by atoms with Crippen LogP contribution in [0.4, 0.5) is 11.4 Å². The van der Waals surface area contributed by atoms with Crippen LogP contribution in [0.25, 0.3) is 22.4 Å². The van der Waals surface area contributed by atoms with Gasteiger partial charge >= 0.3 is 0 Å². The van der Waals surface area contributed by atoms with Gasteiger partial charge in [-0.2, -0.15) is 0 Å². The lowest BCUT2D eigenvalue weighted by Crippen LogP contribution is -2.11. The van der Waals surface area contributed by atoms with E-state index < -0.39 is 4.92 Å². The molecule has 1 aliphatic heterocycles. The molecule has 0 radical (unpaired) electrons. The number of nitro benzene ring substituents is 1. The van der Waals surface area contributed by atoms with E-state index in [2.05, 4.69) is 15.3 Å². The van der Waals surface area contributed by atoms with E-state index in [1.165, 1.54) is 24.3 Å². The van der Waals surface area contributed by atoms with Gasteiger partial charge in [-0.25, -0.2) is 4.98 Å². The van der Waals surface area contributed by atoms with Crippen molar-refractivity contribution in [1.82, 2.24) is 9.97 Å². The first-order valence-electron chi connectivity index (χ1n) is 9.02. The van der Waals surface area contributed by atoms with E-state index in [0.29, 0.717) is 28.6 Å². The molecule has 9 nitrogen and oxygen atoms in total. The number of aromatic amines is 1.